The summed E-state index contributed by atoms with van der Waals surface area (Å²) >= 11 is 0. The van der Waals surface area contributed by atoms with E-state index in [1.165, 1.54) is 0 Å². The van der Waals surface area contributed by atoms with E-state index in [1.807, 2.05) is 0 Å². The topological polar surface area (TPSA) is 35.2 Å². The molecule has 0 amide bonds. The molecule has 0 aliphatic rings. The molecule has 0 saturated heterocycles. The normalized spacial score (nSPS) is 10.4. The second-order valence-electron chi connectivity index (χ2n) is 3.06. The number of ether oxygens (including phenoxy) is 1. The standard InChI is InChI=1S/C11H10FNO/c1-14-8-4-2-7-3-5-10(13)11(12)9(7)6-8/h2-6H,13H2,1H3. The Morgan fingerprint density at radius 1 is 1.21 bits per heavy atom. The Bertz CT molecular complexity index is 482. The molecule has 0 aliphatic heterocycles. The Kier molecular flexibility index (Phi) is 2.00. The van der Waals surface area contributed by atoms with E-state index >= 15 is 0 Å². The van der Waals surface area contributed by atoms with Crippen molar-refractivity contribution >= 4 is 16.5 Å². The van der Waals surface area contributed by atoms with Crippen LogP contribution >= 0.6 is 0 Å². The quantitative estimate of drug-likeness (QED) is 0.703. The summed E-state index contributed by atoms with van der Waals surface area (Å²) < 4.78 is 18.5. The SMILES string of the molecule is COc1ccc2ccc(N)c(F)c2c1. The molecule has 0 spiro atoms. The molecule has 0 fully saturated rings. The third-order valence-corrected chi connectivity index (χ3v) is 2.19. The van der Waals surface area contributed by atoms with Gasteiger partial charge in [0.15, 0.2) is 5.82 Å². The summed E-state index contributed by atoms with van der Waals surface area (Å²) in [6.45, 7) is 0. The van der Waals surface area contributed by atoms with Crippen molar-refractivity contribution in [2.75, 3.05) is 12.8 Å². The fourth-order valence-electron chi connectivity index (χ4n) is 1.41. The van der Waals surface area contributed by atoms with Crippen molar-refractivity contribution in [3.63, 3.8) is 0 Å². The number of hydrogen-bond donors (Lipinski definition) is 1. The number of nitrogen functional groups attached to an aromatic ring is 1. The van der Waals surface area contributed by atoms with Gasteiger partial charge in [-0.05, 0) is 23.6 Å². The van der Waals surface area contributed by atoms with Crippen molar-refractivity contribution in [3.8, 4) is 5.75 Å². The maximum Gasteiger partial charge on any atom is 0.154 e. The monoisotopic (exact) mass is 191 g/mol. The summed E-state index contributed by atoms with van der Waals surface area (Å²) in [6.07, 6.45) is 0. The Labute approximate surface area is 81.1 Å². The van der Waals surface area contributed by atoms with Crippen molar-refractivity contribution in [2.24, 2.45) is 0 Å². The highest BCUT2D eigenvalue weighted by atomic mass is 19.1. The van der Waals surface area contributed by atoms with Crippen LogP contribution in [0.2, 0.25) is 0 Å². The highest BCUT2D eigenvalue weighted by Gasteiger charge is 2.05. The van der Waals surface area contributed by atoms with Crippen molar-refractivity contribution in [3.05, 3.63) is 36.1 Å². The van der Waals surface area contributed by atoms with Crippen molar-refractivity contribution < 1.29 is 9.13 Å². The molecule has 3 heteroatoms. The van der Waals surface area contributed by atoms with E-state index in [2.05, 4.69) is 0 Å². The lowest BCUT2D eigenvalue weighted by Gasteiger charge is -2.04. The fraction of sp³-hybridized carbons (Fsp3) is 0.0909. The van der Waals surface area contributed by atoms with Crippen LogP contribution in [0.1, 0.15) is 0 Å². The molecule has 0 radical (unpaired) electrons. The summed E-state index contributed by atoms with van der Waals surface area (Å²) in [7, 11) is 1.55. The molecule has 0 unspecified atom stereocenters. The highest BCUT2D eigenvalue weighted by Crippen LogP contribution is 2.26. The molecule has 14 heavy (non-hydrogen) atoms. The predicted molar refractivity (Wildman–Crippen MR) is 54.9 cm³/mol. The van der Waals surface area contributed by atoms with Crippen LogP contribution in [0.5, 0.6) is 5.75 Å². The minimum Gasteiger partial charge on any atom is -0.497 e. The first-order valence-corrected chi connectivity index (χ1v) is 4.24. The number of halogens is 1. The molecule has 0 heterocycles. The number of methoxy groups -OCH3 is 1. The number of rotatable bonds is 1. The molecule has 2 N–H and O–H groups in total. The minimum absolute atomic E-state index is 0.158. The highest BCUT2D eigenvalue weighted by molar-refractivity contribution is 5.87. The van der Waals surface area contributed by atoms with E-state index in [0.717, 1.165) is 5.39 Å². The summed E-state index contributed by atoms with van der Waals surface area (Å²) in [5, 5.41) is 1.31. The zero-order valence-electron chi connectivity index (χ0n) is 7.75. The van der Waals surface area contributed by atoms with Crippen molar-refractivity contribution in [1.29, 1.82) is 0 Å². The lowest BCUT2D eigenvalue weighted by molar-refractivity contribution is 0.415. The van der Waals surface area contributed by atoms with Crippen molar-refractivity contribution in [1.82, 2.24) is 0 Å². The summed E-state index contributed by atoms with van der Waals surface area (Å²) in [4.78, 5) is 0. The summed E-state index contributed by atoms with van der Waals surface area (Å²) in [6, 6.07) is 8.58. The molecule has 72 valence electrons. The second kappa shape index (κ2) is 3.18. The third-order valence-electron chi connectivity index (χ3n) is 2.19. The van der Waals surface area contributed by atoms with Gasteiger partial charge >= 0.3 is 0 Å². The van der Waals surface area contributed by atoms with Gasteiger partial charge < -0.3 is 10.5 Å². The molecule has 2 rings (SSSR count). The van der Waals surface area contributed by atoms with Gasteiger partial charge in [0.25, 0.3) is 0 Å². The van der Waals surface area contributed by atoms with E-state index in [-0.39, 0.29) is 11.5 Å². The molecule has 0 bridgehead atoms. The summed E-state index contributed by atoms with van der Waals surface area (Å²) in [5.74, 6) is 0.239. The Morgan fingerprint density at radius 2 is 1.93 bits per heavy atom. The smallest absolute Gasteiger partial charge is 0.154 e. The second-order valence-corrected chi connectivity index (χ2v) is 3.06. The van der Waals surface area contributed by atoms with Crippen LogP contribution in [0.25, 0.3) is 10.8 Å². The number of fused-ring (bicyclic) bond motifs is 1. The molecule has 0 aromatic heterocycles. The molecule has 2 aromatic rings. The largest absolute Gasteiger partial charge is 0.497 e. The lowest BCUT2D eigenvalue weighted by atomic mass is 10.1. The average molecular weight is 191 g/mol. The lowest BCUT2D eigenvalue weighted by Crippen LogP contribution is -1.91. The number of anilines is 1. The Hall–Kier alpha value is -1.77. The van der Waals surface area contributed by atoms with Gasteiger partial charge in [-0.1, -0.05) is 12.1 Å². The molecule has 2 aromatic carbocycles. The zero-order valence-corrected chi connectivity index (χ0v) is 7.75. The fourth-order valence-corrected chi connectivity index (χ4v) is 1.41. The molecule has 0 aliphatic carbocycles. The zero-order chi connectivity index (χ0) is 10.1. The van der Waals surface area contributed by atoms with Crippen LogP contribution in [-0.2, 0) is 0 Å². The Balaban J connectivity index is 2.78. The first-order valence-electron chi connectivity index (χ1n) is 4.24. The van der Waals surface area contributed by atoms with Crippen LogP contribution in [-0.4, -0.2) is 7.11 Å². The van der Waals surface area contributed by atoms with E-state index < -0.39 is 0 Å². The molecular weight excluding hydrogens is 181 g/mol. The van der Waals surface area contributed by atoms with E-state index in [1.54, 1.807) is 37.4 Å². The van der Waals surface area contributed by atoms with Crippen LogP contribution < -0.4 is 10.5 Å². The van der Waals surface area contributed by atoms with Gasteiger partial charge in [0, 0.05) is 5.39 Å². The maximum absolute atomic E-state index is 13.5. The van der Waals surface area contributed by atoms with Gasteiger partial charge in [-0.3, -0.25) is 0 Å². The van der Waals surface area contributed by atoms with E-state index in [4.69, 9.17) is 10.5 Å². The van der Waals surface area contributed by atoms with Gasteiger partial charge in [-0.25, -0.2) is 4.39 Å². The first kappa shape index (κ1) is 8.81. The van der Waals surface area contributed by atoms with Gasteiger partial charge in [0.2, 0.25) is 0 Å². The van der Waals surface area contributed by atoms with Gasteiger partial charge in [0.05, 0.1) is 12.8 Å². The average Bonchev–Trinajstić information content (AvgIpc) is 2.23. The van der Waals surface area contributed by atoms with Crippen LogP contribution in [0.3, 0.4) is 0 Å². The van der Waals surface area contributed by atoms with Crippen LogP contribution in [0, 0.1) is 5.82 Å². The van der Waals surface area contributed by atoms with Crippen LogP contribution in [0.15, 0.2) is 30.3 Å². The predicted octanol–water partition coefficient (Wildman–Crippen LogP) is 2.57. The number of benzene rings is 2. The Morgan fingerprint density at radius 3 is 2.64 bits per heavy atom. The molecule has 0 atom stereocenters. The maximum atomic E-state index is 13.5. The first-order chi connectivity index (χ1) is 6.72. The molecule has 0 saturated carbocycles. The van der Waals surface area contributed by atoms with Crippen LogP contribution in [0.4, 0.5) is 10.1 Å². The van der Waals surface area contributed by atoms with E-state index in [9.17, 15) is 4.39 Å². The van der Waals surface area contributed by atoms with Gasteiger partial charge in [-0.15, -0.1) is 0 Å². The number of nitrogens with two attached hydrogens (primary N) is 1. The third kappa shape index (κ3) is 1.27. The van der Waals surface area contributed by atoms with E-state index in [0.29, 0.717) is 11.1 Å². The summed E-state index contributed by atoms with van der Waals surface area (Å²) in [5.41, 5.74) is 5.62. The molecule has 2 nitrogen and oxygen atoms in total. The molecular formula is C11H10FNO. The number of hydrogen-bond acceptors (Lipinski definition) is 2. The van der Waals surface area contributed by atoms with Crippen molar-refractivity contribution in [2.45, 2.75) is 0 Å². The van der Waals surface area contributed by atoms with Gasteiger partial charge in [-0.2, -0.15) is 0 Å². The van der Waals surface area contributed by atoms with Gasteiger partial charge in [0.1, 0.15) is 5.75 Å². The minimum atomic E-state index is -0.388.